The molecule has 5 heteroatoms. The quantitative estimate of drug-likeness (QED) is 0.845. The monoisotopic (exact) mass is 263 g/mol. The van der Waals surface area contributed by atoms with Crippen LogP contribution >= 0.6 is 0 Å². The molecule has 1 aliphatic rings. The van der Waals surface area contributed by atoms with Crippen molar-refractivity contribution in [3.8, 4) is 0 Å². The van der Waals surface area contributed by atoms with Crippen molar-refractivity contribution >= 4 is 11.6 Å². The molecule has 1 aromatic heterocycles. The fraction of sp³-hybridized carbons (Fsp3) is 0.571. The Kier molecular flexibility index (Phi) is 5.30. The number of aromatic nitrogens is 1. The molecular formula is C14H21N3O2. The van der Waals surface area contributed by atoms with Gasteiger partial charge in [-0.25, -0.2) is 0 Å². The van der Waals surface area contributed by atoms with E-state index in [1.54, 1.807) is 19.5 Å². The van der Waals surface area contributed by atoms with Crippen LogP contribution in [0.1, 0.15) is 19.3 Å². The van der Waals surface area contributed by atoms with Crippen LogP contribution in [0.5, 0.6) is 0 Å². The number of nitrogens with zero attached hydrogens (tertiary/aromatic N) is 2. The van der Waals surface area contributed by atoms with Gasteiger partial charge in [0.1, 0.15) is 0 Å². The highest BCUT2D eigenvalue weighted by Gasteiger charge is 2.24. The van der Waals surface area contributed by atoms with Gasteiger partial charge in [-0.15, -0.1) is 0 Å². The number of anilines is 1. The summed E-state index contributed by atoms with van der Waals surface area (Å²) in [6.07, 6.45) is 6.21. The van der Waals surface area contributed by atoms with Crippen molar-refractivity contribution in [2.24, 2.45) is 0 Å². The second-order valence-corrected chi connectivity index (χ2v) is 4.83. The summed E-state index contributed by atoms with van der Waals surface area (Å²) in [5.41, 5.74) is 0.752. The molecule has 5 nitrogen and oxygen atoms in total. The Balaban J connectivity index is 1.74. The molecule has 0 spiro atoms. The van der Waals surface area contributed by atoms with E-state index < -0.39 is 0 Å². The average molecular weight is 263 g/mol. The maximum atomic E-state index is 11.8. The Hall–Kier alpha value is -1.46. The molecule has 1 N–H and O–H groups in total. The Morgan fingerprint density at radius 3 is 3.26 bits per heavy atom. The van der Waals surface area contributed by atoms with Gasteiger partial charge in [0.25, 0.3) is 0 Å². The molecule has 1 atom stereocenters. The predicted molar refractivity (Wildman–Crippen MR) is 74.0 cm³/mol. The van der Waals surface area contributed by atoms with Gasteiger partial charge < -0.3 is 10.1 Å². The molecule has 1 fully saturated rings. The van der Waals surface area contributed by atoms with Gasteiger partial charge in [-0.3, -0.25) is 14.7 Å². The SMILES string of the molecule is COC[C@H]1CCCN1CCC(=O)Nc1cccnc1. The number of carbonyl (C=O) groups excluding carboxylic acids is 1. The molecule has 0 unspecified atom stereocenters. The number of likely N-dealkylation sites (tertiary alicyclic amines) is 1. The topological polar surface area (TPSA) is 54.5 Å². The first-order chi connectivity index (χ1) is 9.29. The van der Waals surface area contributed by atoms with Gasteiger partial charge in [-0.1, -0.05) is 0 Å². The summed E-state index contributed by atoms with van der Waals surface area (Å²) in [7, 11) is 1.73. The van der Waals surface area contributed by atoms with Crippen LogP contribution in [-0.2, 0) is 9.53 Å². The van der Waals surface area contributed by atoms with Gasteiger partial charge in [0, 0.05) is 32.3 Å². The zero-order valence-electron chi connectivity index (χ0n) is 11.3. The normalized spacial score (nSPS) is 19.5. The molecule has 0 radical (unpaired) electrons. The van der Waals surface area contributed by atoms with E-state index in [0.717, 1.165) is 31.8 Å². The van der Waals surface area contributed by atoms with Crippen LogP contribution in [0.25, 0.3) is 0 Å². The van der Waals surface area contributed by atoms with Crippen LogP contribution in [0.15, 0.2) is 24.5 Å². The molecule has 0 saturated carbocycles. The van der Waals surface area contributed by atoms with Gasteiger partial charge in [-0.05, 0) is 31.5 Å². The molecule has 1 saturated heterocycles. The number of pyridine rings is 1. The molecule has 19 heavy (non-hydrogen) atoms. The van der Waals surface area contributed by atoms with Crippen LogP contribution in [0.4, 0.5) is 5.69 Å². The summed E-state index contributed by atoms with van der Waals surface area (Å²) in [6, 6.07) is 4.12. The van der Waals surface area contributed by atoms with Gasteiger partial charge in [0.15, 0.2) is 0 Å². The van der Waals surface area contributed by atoms with Crippen molar-refractivity contribution in [3.63, 3.8) is 0 Å². The van der Waals surface area contributed by atoms with Crippen LogP contribution in [0.2, 0.25) is 0 Å². The Bertz CT molecular complexity index is 397. The highest BCUT2D eigenvalue weighted by atomic mass is 16.5. The van der Waals surface area contributed by atoms with E-state index in [1.165, 1.54) is 6.42 Å². The molecule has 104 valence electrons. The van der Waals surface area contributed by atoms with E-state index in [-0.39, 0.29) is 5.91 Å². The lowest BCUT2D eigenvalue weighted by molar-refractivity contribution is -0.116. The summed E-state index contributed by atoms with van der Waals surface area (Å²) >= 11 is 0. The van der Waals surface area contributed by atoms with Gasteiger partial charge in [0.2, 0.25) is 5.91 Å². The van der Waals surface area contributed by atoms with E-state index in [1.807, 2.05) is 12.1 Å². The third-order valence-corrected chi connectivity index (χ3v) is 3.43. The molecule has 0 bridgehead atoms. The summed E-state index contributed by atoms with van der Waals surface area (Å²) in [5.74, 6) is 0.0380. The Morgan fingerprint density at radius 1 is 1.63 bits per heavy atom. The highest BCUT2D eigenvalue weighted by Crippen LogP contribution is 2.17. The largest absolute Gasteiger partial charge is 0.383 e. The van der Waals surface area contributed by atoms with Crippen molar-refractivity contribution in [1.29, 1.82) is 0 Å². The van der Waals surface area contributed by atoms with Crippen LogP contribution in [0.3, 0.4) is 0 Å². The second-order valence-electron chi connectivity index (χ2n) is 4.83. The molecule has 2 rings (SSSR count). The van der Waals surface area contributed by atoms with Gasteiger partial charge in [-0.2, -0.15) is 0 Å². The molecule has 0 aromatic carbocycles. The van der Waals surface area contributed by atoms with E-state index in [4.69, 9.17) is 4.74 Å². The van der Waals surface area contributed by atoms with E-state index in [2.05, 4.69) is 15.2 Å². The lowest BCUT2D eigenvalue weighted by Crippen LogP contribution is -2.35. The van der Waals surface area contributed by atoms with E-state index >= 15 is 0 Å². The summed E-state index contributed by atoms with van der Waals surface area (Å²) in [6.45, 7) is 2.61. The van der Waals surface area contributed by atoms with Crippen molar-refractivity contribution in [3.05, 3.63) is 24.5 Å². The average Bonchev–Trinajstić information content (AvgIpc) is 2.85. The fourth-order valence-corrected chi connectivity index (χ4v) is 2.48. The lowest BCUT2D eigenvalue weighted by atomic mass is 10.2. The third-order valence-electron chi connectivity index (χ3n) is 3.43. The van der Waals surface area contributed by atoms with E-state index in [9.17, 15) is 4.79 Å². The molecule has 0 aliphatic carbocycles. The van der Waals surface area contributed by atoms with Gasteiger partial charge in [0.05, 0.1) is 18.5 Å². The van der Waals surface area contributed by atoms with Crippen LogP contribution in [-0.4, -0.2) is 48.6 Å². The first-order valence-corrected chi connectivity index (χ1v) is 6.72. The minimum Gasteiger partial charge on any atom is -0.383 e. The number of ether oxygens (including phenoxy) is 1. The number of nitrogens with one attached hydrogen (secondary N) is 1. The molecule has 1 aromatic rings. The first-order valence-electron chi connectivity index (χ1n) is 6.72. The Labute approximate surface area is 114 Å². The zero-order chi connectivity index (χ0) is 13.5. The number of hydrogen-bond acceptors (Lipinski definition) is 4. The standard InChI is InChI=1S/C14H21N3O2/c1-19-11-13-5-3-8-17(13)9-6-14(18)16-12-4-2-7-15-10-12/h2,4,7,10,13H,3,5-6,8-9,11H2,1H3,(H,16,18)/t13-/m1/s1. The fourth-order valence-electron chi connectivity index (χ4n) is 2.48. The molecule has 2 heterocycles. The molecule has 1 amide bonds. The number of amides is 1. The van der Waals surface area contributed by atoms with Crippen LogP contribution < -0.4 is 5.32 Å². The van der Waals surface area contributed by atoms with Crippen molar-refractivity contribution < 1.29 is 9.53 Å². The highest BCUT2D eigenvalue weighted by molar-refractivity contribution is 5.90. The Morgan fingerprint density at radius 2 is 2.53 bits per heavy atom. The van der Waals surface area contributed by atoms with Crippen molar-refractivity contribution in [2.75, 3.05) is 32.1 Å². The first kappa shape index (κ1) is 14.0. The van der Waals surface area contributed by atoms with E-state index in [0.29, 0.717) is 12.5 Å². The maximum Gasteiger partial charge on any atom is 0.225 e. The minimum absolute atomic E-state index is 0.0380. The minimum atomic E-state index is 0.0380. The number of hydrogen-bond donors (Lipinski definition) is 1. The summed E-state index contributed by atoms with van der Waals surface area (Å²) in [5, 5.41) is 2.85. The second kappa shape index (κ2) is 7.21. The predicted octanol–water partition coefficient (Wildman–Crippen LogP) is 1.52. The number of carbonyl (C=O) groups is 1. The summed E-state index contributed by atoms with van der Waals surface area (Å²) < 4.78 is 5.21. The lowest BCUT2D eigenvalue weighted by Gasteiger charge is -2.23. The molecular weight excluding hydrogens is 242 g/mol. The number of rotatable bonds is 6. The zero-order valence-corrected chi connectivity index (χ0v) is 11.3. The molecule has 1 aliphatic heterocycles. The number of methoxy groups -OCH3 is 1. The van der Waals surface area contributed by atoms with Crippen molar-refractivity contribution in [1.82, 2.24) is 9.88 Å². The smallest absolute Gasteiger partial charge is 0.225 e. The maximum absolute atomic E-state index is 11.8. The van der Waals surface area contributed by atoms with Crippen molar-refractivity contribution in [2.45, 2.75) is 25.3 Å². The third kappa shape index (κ3) is 4.29. The van der Waals surface area contributed by atoms with Crippen LogP contribution in [0, 0.1) is 0 Å². The summed E-state index contributed by atoms with van der Waals surface area (Å²) in [4.78, 5) is 18.1. The van der Waals surface area contributed by atoms with Gasteiger partial charge >= 0.3 is 0 Å².